The molecule has 1 amide bonds. The van der Waals surface area contributed by atoms with Gasteiger partial charge in [0.05, 0.1) is 24.1 Å². The van der Waals surface area contributed by atoms with Gasteiger partial charge in [0.2, 0.25) is 5.91 Å². The molecule has 1 aromatic heterocycles. The molecule has 1 aromatic rings. The maximum Gasteiger partial charge on any atom is 0.239 e. The molecule has 5 nitrogen and oxygen atoms in total. The van der Waals surface area contributed by atoms with Crippen LogP contribution in [0.1, 0.15) is 26.7 Å². The molecule has 1 heterocycles. The van der Waals surface area contributed by atoms with Crippen molar-refractivity contribution in [2.24, 2.45) is 0 Å². The van der Waals surface area contributed by atoms with E-state index in [1.165, 1.54) is 0 Å². The van der Waals surface area contributed by atoms with Gasteiger partial charge in [-0.2, -0.15) is 0 Å². The molecule has 1 atom stereocenters. The average molecular weight is 250 g/mol. The van der Waals surface area contributed by atoms with Gasteiger partial charge in [0.15, 0.2) is 0 Å². The fraction of sp³-hybridized carbons (Fsp3) is 0.538. The summed E-state index contributed by atoms with van der Waals surface area (Å²) in [5.41, 5.74) is 7.21. The van der Waals surface area contributed by atoms with E-state index in [4.69, 9.17) is 5.73 Å². The van der Waals surface area contributed by atoms with Gasteiger partial charge in [0.1, 0.15) is 0 Å². The number of likely N-dealkylation sites (N-methyl/N-ethyl adjacent to an activating group) is 1. The molecule has 100 valence electrons. The quantitative estimate of drug-likeness (QED) is 0.800. The normalized spacial score (nSPS) is 11.9. The molecule has 0 bridgehead atoms. The summed E-state index contributed by atoms with van der Waals surface area (Å²) in [5.74, 6) is 0.00895. The summed E-state index contributed by atoms with van der Waals surface area (Å²) < 4.78 is 0. The molecule has 0 saturated carbocycles. The Bertz CT molecular complexity index is 394. The van der Waals surface area contributed by atoms with E-state index in [9.17, 15) is 4.79 Å². The molecule has 0 aromatic carbocycles. The highest BCUT2D eigenvalue weighted by atomic mass is 16.2. The van der Waals surface area contributed by atoms with Crippen molar-refractivity contribution in [2.45, 2.75) is 32.7 Å². The lowest BCUT2D eigenvalue weighted by Gasteiger charge is -2.21. The van der Waals surface area contributed by atoms with Crippen LogP contribution < -0.4 is 16.0 Å². The van der Waals surface area contributed by atoms with Crippen LogP contribution in [0.25, 0.3) is 0 Å². The summed E-state index contributed by atoms with van der Waals surface area (Å²) in [6.07, 6.45) is 5.31. The number of hydrogen-bond acceptors (Lipinski definition) is 4. The fourth-order valence-electron chi connectivity index (χ4n) is 1.87. The third-order valence-electron chi connectivity index (χ3n) is 2.75. The van der Waals surface area contributed by atoms with Crippen LogP contribution in [0.15, 0.2) is 18.5 Å². The number of nitrogens with zero attached hydrogens (tertiary/aromatic N) is 2. The second kappa shape index (κ2) is 6.83. The van der Waals surface area contributed by atoms with E-state index < -0.39 is 0 Å². The predicted molar refractivity (Wildman–Crippen MR) is 74.4 cm³/mol. The van der Waals surface area contributed by atoms with Gasteiger partial charge < -0.3 is 16.0 Å². The summed E-state index contributed by atoms with van der Waals surface area (Å²) in [7, 11) is 1.84. The van der Waals surface area contributed by atoms with Crippen molar-refractivity contribution in [3.63, 3.8) is 0 Å². The Labute approximate surface area is 108 Å². The van der Waals surface area contributed by atoms with E-state index >= 15 is 0 Å². The molecule has 1 rings (SSSR count). The van der Waals surface area contributed by atoms with Crippen LogP contribution in [0.2, 0.25) is 0 Å². The maximum absolute atomic E-state index is 11.8. The number of nitrogens with two attached hydrogens (primary N) is 1. The zero-order valence-electron chi connectivity index (χ0n) is 11.3. The first-order chi connectivity index (χ1) is 8.54. The predicted octanol–water partition coefficient (Wildman–Crippen LogP) is 1.40. The number of nitrogens with one attached hydrogen (secondary N) is 1. The molecule has 0 aliphatic rings. The molecule has 3 N–H and O–H groups in total. The van der Waals surface area contributed by atoms with Crippen molar-refractivity contribution in [3.8, 4) is 0 Å². The lowest BCUT2D eigenvalue weighted by atomic mass is 10.2. The first-order valence-corrected chi connectivity index (χ1v) is 6.24. The number of nitrogen functional groups attached to an aromatic ring is 1. The molecule has 0 fully saturated rings. The van der Waals surface area contributed by atoms with Crippen LogP contribution in [0.4, 0.5) is 11.4 Å². The van der Waals surface area contributed by atoms with Gasteiger partial charge in [-0.15, -0.1) is 0 Å². The molecule has 5 heteroatoms. The van der Waals surface area contributed by atoms with Crippen molar-refractivity contribution in [1.29, 1.82) is 0 Å². The standard InChI is InChI=1S/C13H22N4O/c1-4-5-10(2)16-13(18)9-17(3)12-6-7-15-8-11(12)14/h6-8,10H,4-5,9,14H2,1-3H3,(H,16,18). The molecule has 0 spiro atoms. The van der Waals surface area contributed by atoms with Crippen LogP contribution in [-0.2, 0) is 4.79 Å². The van der Waals surface area contributed by atoms with Crippen molar-refractivity contribution in [3.05, 3.63) is 18.5 Å². The average Bonchev–Trinajstić information content (AvgIpc) is 2.29. The molecular weight excluding hydrogens is 228 g/mol. The van der Waals surface area contributed by atoms with Crippen LogP contribution in [-0.4, -0.2) is 30.5 Å². The monoisotopic (exact) mass is 250 g/mol. The van der Waals surface area contributed by atoms with Crippen LogP contribution in [0.5, 0.6) is 0 Å². The van der Waals surface area contributed by atoms with Gasteiger partial charge in [-0.25, -0.2) is 0 Å². The highest BCUT2D eigenvalue weighted by Crippen LogP contribution is 2.19. The Hall–Kier alpha value is -1.78. The Morgan fingerprint density at radius 1 is 1.61 bits per heavy atom. The van der Waals surface area contributed by atoms with Gasteiger partial charge >= 0.3 is 0 Å². The van der Waals surface area contributed by atoms with Gasteiger partial charge in [0.25, 0.3) is 0 Å². The number of pyridine rings is 1. The number of amides is 1. The summed E-state index contributed by atoms with van der Waals surface area (Å²) >= 11 is 0. The molecule has 0 radical (unpaired) electrons. The Morgan fingerprint density at radius 3 is 2.94 bits per heavy atom. The van der Waals surface area contributed by atoms with Crippen LogP contribution in [0, 0.1) is 0 Å². The Kier molecular flexibility index (Phi) is 5.42. The van der Waals surface area contributed by atoms with E-state index in [-0.39, 0.29) is 11.9 Å². The van der Waals surface area contributed by atoms with E-state index in [1.807, 2.05) is 18.9 Å². The Morgan fingerprint density at radius 2 is 2.33 bits per heavy atom. The number of hydrogen-bond donors (Lipinski definition) is 2. The number of carbonyl (C=O) groups excluding carboxylic acids is 1. The summed E-state index contributed by atoms with van der Waals surface area (Å²) in [6, 6.07) is 2.02. The topological polar surface area (TPSA) is 71.2 Å². The fourth-order valence-corrected chi connectivity index (χ4v) is 1.87. The van der Waals surface area contributed by atoms with E-state index in [1.54, 1.807) is 18.5 Å². The number of carbonyl (C=O) groups is 1. The molecular formula is C13H22N4O. The van der Waals surface area contributed by atoms with E-state index in [0.29, 0.717) is 12.2 Å². The van der Waals surface area contributed by atoms with E-state index in [0.717, 1.165) is 18.5 Å². The lowest BCUT2D eigenvalue weighted by molar-refractivity contribution is -0.120. The van der Waals surface area contributed by atoms with Gasteiger partial charge in [-0.05, 0) is 19.4 Å². The third kappa shape index (κ3) is 4.24. The van der Waals surface area contributed by atoms with Gasteiger partial charge in [-0.1, -0.05) is 13.3 Å². The minimum atomic E-state index is 0.00895. The minimum Gasteiger partial charge on any atom is -0.396 e. The van der Waals surface area contributed by atoms with Gasteiger partial charge in [0, 0.05) is 19.3 Å². The van der Waals surface area contributed by atoms with Gasteiger partial charge in [-0.3, -0.25) is 9.78 Å². The number of rotatable bonds is 6. The molecule has 18 heavy (non-hydrogen) atoms. The van der Waals surface area contributed by atoms with Crippen LogP contribution >= 0.6 is 0 Å². The smallest absolute Gasteiger partial charge is 0.239 e. The van der Waals surface area contributed by atoms with E-state index in [2.05, 4.69) is 17.2 Å². The SMILES string of the molecule is CCCC(C)NC(=O)CN(C)c1ccncc1N. The lowest BCUT2D eigenvalue weighted by Crippen LogP contribution is -2.39. The molecule has 0 saturated heterocycles. The third-order valence-corrected chi connectivity index (χ3v) is 2.75. The number of aromatic nitrogens is 1. The zero-order chi connectivity index (χ0) is 13.5. The summed E-state index contributed by atoms with van der Waals surface area (Å²) in [4.78, 5) is 17.6. The van der Waals surface area contributed by atoms with Crippen molar-refractivity contribution in [1.82, 2.24) is 10.3 Å². The second-order valence-corrected chi connectivity index (χ2v) is 4.55. The van der Waals surface area contributed by atoms with Crippen molar-refractivity contribution in [2.75, 3.05) is 24.2 Å². The Balaban J connectivity index is 2.52. The molecule has 0 aliphatic carbocycles. The van der Waals surface area contributed by atoms with Crippen molar-refractivity contribution < 1.29 is 4.79 Å². The molecule has 0 aliphatic heterocycles. The second-order valence-electron chi connectivity index (χ2n) is 4.55. The molecule has 1 unspecified atom stereocenters. The zero-order valence-corrected chi connectivity index (χ0v) is 11.3. The van der Waals surface area contributed by atoms with Crippen molar-refractivity contribution >= 4 is 17.3 Å². The largest absolute Gasteiger partial charge is 0.396 e. The first-order valence-electron chi connectivity index (χ1n) is 6.24. The highest BCUT2D eigenvalue weighted by Gasteiger charge is 2.11. The summed E-state index contributed by atoms with van der Waals surface area (Å²) in [5, 5.41) is 2.96. The first kappa shape index (κ1) is 14.3. The minimum absolute atomic E-state index is 0.00895. The highest BCUT2D eigenvalue weighted by molar-refractivity contribution is 5.82. The summed E-state index contributed by atoms with van der Waals surface area (Å²) in [6.45, 7) is 4.41. The van der Waals surface area contributed by atoms with Crippen LogP contribution in [0.3, 0.4) is 0 Å². The maximum atomic E-state index is 11.8. The number of anilines is 2.